The van der Waals surface area contributed by atoms with Gasteiger partial charge in [-0.05, 0) is 54.7 Å². The molecule has 0 heterocycles. The van der Waals surface area contributed by atoms with E-state index in [1.54, 1.807) is 24.3 Å². The van der Waals surface area contributed by atoms with Gasteiger partial charge >= 0.3 is 6.03 Å². The van der Waals surface area contributed by atoms with Crippen molar-refractivity contribution in [3.8, 4) is 5.75 Å². The molecule has 0 spiro atoms. The quantitative estimate of drug-likeness (QED) is 0.690. The number of rotatable bonds is 3. The van der Waals surface area contributed by atoms with Crippen molar-refractivity contribution in [1.29, 1.82) is 0 Å². The molecule has 0 aromatic heterocycles. The van der Waals surface area contributed by atoms with Gasteiger partial charge in [-0.25, -0.2) is 4.79 Å². The van der Waals surface area contributed by atoms with Gasteiger partial charge < -0.3 is 21.1 Å². The number of anilines is 2. The number of aryl methyl sites for hydroxylation is 1. The summed E-state index contributed by atoms with van der Waals surface area (Å²) < 4.78 is 0. The minimum absolute atomic E-state index is 0.124. The zero-order valence-electron chi connectivity index (χ0n) is 14.2. The van der Waals surface area contributed by atoms with Gasteiger partial charge in [-0.1, -0.05) is 18.2 Å². The van der Waals surface area contributed by atoms with E-state index in [0.29, 0.717) is 11.4 Å². The molecule has 6 nitrogen and oxygen atoms in total. The standard InChI is InChI=1S/C19H21N3O3/c1-11-6-7-13(20-12(2)23)10-17(11)22-19(25)21-16-9-8-15-14(16)4-3-5-18(15)24/h3-7,10,16,24H,8-9H2,1-2H3,(H,20,23)(H2,21,22,25). The van der Waals surface area contributed by atoms with Crippen molar-refractivity contribution in [3.05, 3.63) is 53.1 Å². The monoisotopic (exact) mass is 339 g/mol. The summed E-state index contributed by atoms with van der Waals surface area (Å²) in [5.74, 6) is 0.114. The zero-order valence-corrected chi connectivity index (χ0v) is 14.2. The van der Waals surface area contributed by atoms with Crippen molar-refractivity contribution in [1.82, 2.24) is 5.32 Å². The lowest BCUT2D eigenvalue weighted by atomic mass is 10.1. The molecule has 0 saturated carbocycles. The predicted octanol–water partition coefficient (Wildman–Crippen LogP) is 3.47. The lowest BCUT2D eigenvalue weighted by Gasteiger charge is -2.16. The number of hydrogen-bond donors (Lipinski definition) is 4. The highest BCUT2D eigenvalue weighted by Crippen LogP contribution is 2.36. The van der Waals surface area contributed by atoms with E-state index in [0.717, 1.165) is 29.5 Å². The summed E-state index contributed by atoms with van der Waals surface area (Å²) in [5, 5.41) is 18.4. The van der Waals surface area contributed by atoms with E-state index in [4.69, 9.17) is 0 Å². The first-order chi connectivity index (χ1) is 11.9. The van der Waals surface area contributed by atoms with Crippen LogP contribution in [-0.2, 0) is 11.2 Å². The van der Waals surface area contributed by atoms with E-state index in [1.807, 2.05) is 19.1 Å². The minimum Gasteiger partial charge on any atom is -0.508 e. The summed E-state index contributed by atoms with van der Waals surface area (Å²) in [7, 11) is 0. The van der Waals surface area contributed by atoms with E-state index >= 15 is 0 Å². The van der Waals surface area contributed by atoms with Gasteiger partial charge in [0.15, 0.2) is 0 Å². The highest BCUT2D eigenvalue weighted by molar-refractivity contribution is 5.93. The molecule has 25 heavy (non-hydrogen) atoms. The van der Waals surface area contributed by atoms with Crippen LogP contribution in [0.5, 0.6) is 5.75 Å². The SMILES string of the molecule is CC(=O)Nc1ccc(C)c(NC(=O)NC2CCc3c(O)cccc32)c1. The smallest absolute Gasteiger partial charge is 0.319 e. The van der Waals surface area contributed by atoms with Crippen LogP contribution in [0.4, 0.5) is 16.2 Å². The van der Waals surface area contributed by atoms with Gasteiger partial charge in [0.25, 0.3) is 0 Å². The summed E-state index contributed by atoms with van der Waals surface area (Å²) in [6, 6.07) is 10.3. The highest BCUT2D eigenvalue weighted by Gasteiger charge is 2.26. The molecule has 0 fully saturated rings. The van der Waals surface area contributed by atoms with Crippen molar-refractivity contribution >= 4 is 23.3 Å². The van der Waals surface area contributed by atoms with E-state index < -0.39 is 0 Å². The Hall–Kier alpha value is -3.02. The number of urea groups is 1. The number of hydrogen-bond acceptors (Lipinski definition) is 3. The number of carbonyl (C=O) groups excluding carboxylic acids is 2. The third kappa shape index (κ3) is 3.74. The number of fused-ring (bicyclic) bond motifs is 1. The maximum absolute atomic E-state index is 12.4. The van der Waals surface area contributed by atoms with Crippen LogP contribution in [0.2, 0.25) is 0 Å². The molecule has 3 rings (SSSR count). The Bertz CT molecular complexity index is 833. The molecule has 1 unspecified atom stereocenters. The Morgan fingerprint density at radius 2 is 1.96 bits per heavy atom. The molecule has 6 heteroatoms. The molecule has 1 atom stereocenters. The second kappa shape index (κ2) is 6.84. The maximum Gasteiger partial charge on any atom is 0.319 e. The molecule has 2 aromatic carbocycles. The number of aromatic hydroxyl groups is 1. The molecule has 0 aliphatic heterocycles. The van der Waals surface area contributed by atoms with E-state index in [9.17, 15) is 14.7 Å². The van der Waals surface area contributed by atoms with Crippen molar-refractivity contribution in [2.75, 3.05) is 10.6 Å². The first kappa shape index (κ1) is 16.8. The Labute approximate surface area is 146 Å². The van der Waals surface area contributed by atoms with Crippen molar-refractivity contribution in [2.45, 2.75) is 32.7 Å². The lowest BCUT2D eigenvalue weighted by molar-refractivity contribution is -0.114. The Balaban J connectivity index is 1.70. The topological polar surface area (TPSA) is 90.5 Å². The van der Waals surface area contributed by atoms with Gasteiger partial charge in [0.2, 0.25) is 5.91 Å². The molecular weight excluding hydrogens is 318 g/mol. The average Bonchev–Trinajstić information content (AvgIpc) is 2.94. The minimum atomic E-state index is -0.315. The molecule has 4 N–H and O–H groups in total. The van der Waals surface area contributed by atoms with Crippen molar-refractivity contribution in [2.24, 2.45) is 0 Å². The maximum atomic E-state index is 12.4. The molecule has 3 amide bonds. The molecule has 1 aliphatic carbocycles. The second-order valence-electron chi connectivity index (χ2n) is 6.25. The molecule has 0 radical (unpaired) electrons. The number of phenols is 1. The van der Waals surface area contributed by atoms with Gasteiger partial charge in [-0.3, -0.25) is 4.79 Å². The van der Waals surface area contributed by atoms with Gasteiger partial charge in [-0.2, -0.15) is 0 Å². The summed E-state index contributed by atoms with van der Waals surface area (Å²) >= 11 is 0. The van der Waals surface area contributed by atoms with Crippen LogP contribution in [0.1, 0.15) is 36.1 Å². The van der Waals surface area contributed by atoms with E-state index in [-0.39, 0.29) is 23.7 Å². The predicted molar refractivity (Wildman–Crippen MR) is 96.8 cm³/mol. The summed E-state index contributed by atoms with van der Waals surface area (Å²) in [6.45, 7) is 3.32. The number of benzene rings is 2. The van der Waals surface area contributed by atoms with Crippen LogP contribution in [0, 0.1) is 6.92 Å². The number of nitrogens with one attached hydrogen (secondary N) is 3. The lowest BCUT2D eigenvalue weighted by Crippen LogP contribution is -2.31. The average molecular weight is 339 g/mol. The molecule has 2 aromatic rings. The Kier molecular flexibility index (Phi) is 4.61. The van der Waals surface area contributed by atoms with Crippen molar-refractivity contribution < 1.29 is 14.7 Å². The van der Waals surface area contributed by atoms with E-state index in [2.05, 4.69) is 16.0 Å². The summed E-state index contributed by atoms with van der Waals surface area (Å²) in [6.07, 6.45) is 1.50. The summed E-state index contributed by atoms with van der Waals surface area (Å²) in [5.41, 5.74) is 4.02. The van der Waals surface area contributed by atoms with Crippen molar-refractivity contribution in [3.63, 3.8) is 0 Å². The molecule has 0 saturated heterocycles. The Morgan fingerprint density at radius 3 is 2.72 bits per heavy atom. The number of carbonyl (C=O) groups is 2. The van der Waals surface area contributed by atoms with Crippen LogP contribution < -0.4 is 16.0 Å². The summed E-state index contributed by atoms with van der Waals surface area (Å²) in [4.78, 5) is 23.6. The Morgan fingerprint density at radius 1 is 1.16 bits per heavy atom. The fraction of sp³-hybridized carbons (Fsp3) is 0.263. The normalized spacial score (nSPS) is 15.4. The van der Waals surface area contributed by atoms with Crippen LogP contribution >= 0.6 is 0 Å². The van der Waals surface area contributed by atoms with Gasteiger partial charge in [0, 0.05) is 18.3 Å². The molecular formula is C19H21N3O3. The van der Waals surface area contributed by atoms with Gasteiger partial charge in [-0.15, -0.1) is 0 Å². The van der Waals surface area contributed by atoms with Crippen LogP contribution in [0.15, 0.2) is 36.4 Å². The molecule has 0 bridgehead atoms. The van der Waals surface area contributed by atoms with Gasteiger partial charge in [0.05, 0.1) is 6.04 Å². The fourth-order valence-electron chi connectivity index (χ4n) is 3.14. The molecule has 1 aliphatic rings. The number of amides is 3. The highest BCUT2D eigenvalue weighted by atomic mass is 16.3. The van der Waals surface area contributed by atoms with Crippen LogP contribution in [-0.4, -0.2) is 17.0 Å². The van der Waals surface area contributed by atoms with Crippen LogP contribution in [0.25, 0.3) is 0 Å². The van der Waals surface area contributed by atoms with Gasteiger partial charge in [0.1, 0.15) is 5.75 Å². The first-order valence-electron chi connectivity index (χ1n) is 8.20. The fourth-order valence-corrected chi connectivity index (χ4v) is 3.14. The van der Waals surface area contributed by atoms with E-state index in [1.165, 1.54) is 6.92 Å². The zero-order chi connectivity index (χ0) is 18.0. The second-order valence-corrected chi connectivity index (χ2v) is 6.25. The largest absolute Gasteiger partial charge is 0.508 e. The first-order valence-corrected chi connectivity index (χ1v) is 8.20. The van der Waals surface area contributed by atoms with Crippen LogP contribution in [0.3, 0.4) is 0 Å². The number of phenolic OH excluding ortho intramolecular Hbond substituents is 1. The molecule has 130 valence electrons. The third-order valence-corrected chi connectivity index (χ3v) is 4.36. The third-order valence-electron chi connectivity index (χ3n) is 4.36.